The second-order valence-electron chi connectivity index (χ2n) is 6.15. The number of H-pyrrole nitrogens is 1. The van der Waals surface area contributed by atoms with Gasteiger partial charge in [-0.1, -0.05) is 6.92 Å². The molecule has 144 valence electrons. The molecule has 0 aliphatic heterocycles. The Kier molecular flexibility index (Phi) is 6.43. The summed E-state index contributed by atoms with van der Waals surface area (Å²) in [5.74, 6) is 0.816. The molecule has 3 aromatic rings. The van der Waals surface area contributed by atoms with Crippen molar-refractivity contribution in [3.8, 4) is 17.1 Å². The van der Waals surface area contributed by atoms with Crippen LogP contribution in [0.4, 0.5) is 0 Å². The van der Waals surface area contributed by atoms with E-state index < -0.39 is 0 Å². The zero-order valence-corrected chi connectivity index (χ0v) is 15.7. The highest BCUT2D eigenvalue weighted by atomic mass is 16.5. The Morgan fingerprint density at radius 2 is 2.19 bits per heavy atom. The zero-order chi connectivity index (χ0) is 19.1. The number of benzene rings is 1. The van der Waals surface area contributed by atoms with E-state index in [1.165, 1.54) is 0 Å². The summed E-state index contributed by atoms with van der Waals surface area (Å²) in [5.41, 5.74) is 3.58. The normalized spacial score (nSPS) is 11.0. The molecule has 0 saturated heterocycles. The lowest BCUT2D eigenvalue weighted by molar-refractivity contribution is -0.129. The van der Waals surface area contributed by atoms with E-state index in [1.807, 2.05) is 36.0 Å². The third kappa shape index (κ3) is 4.46. The first-order chi connectivity index (χ1) is 13.3. The van der Waals surface area contributed by atoms with Crippen LogP contribution < -0.4 is 10.1 Å². The molecule has 0 atom stereocenters. The number of nitrogens with zero attached hydrogens (tertiary/aromatic N) is 3. The smallest absolute Gasteiger partial charge is 0.293 e. The molecule has 0 radical (unpaired) electrons. The van der Waals surface area contributed by atoms with Gasteiger partial charge < -0.3 is 14.8 Å². The van der Waals surface area contributed by atoms with Crippen molar-refractivity contribution in [2.45, 2.75) is 26.3 Å². The highest BCUT2D eigenvalue weighted by molar-refractivity contribution is 5.92. The molecule has 0 aliphatic rings. The van der Waals surface area contributed by atoms with Gasteiger partial charge in [0.15, 0.2) is 0 Å². The first kappa shape index (κ1) is 18.9. The predicted molar refractivity (Wildman–Crippen MR) is 103 cm³/mol. The van der Waals surface area contributed by atoms with Crippen LogP contribution in [-0.2, 0) is 22.5 Å². The Balaban J connectivity index is 1.84. The summed E-state index contributed by atoms with van der Waals surface area (Å²) in [6, 6.07) is 7.93. The fourth-order valence-electron chi connectivity index (χ4n) is 2.95. The van der Waals surface area contributed by atoms with Crippen molar-refractivity contribution in [3.05, 3.63) is 30.0 Å². The second-order valence-corrected chi connectivity index (χ2v) is 6.15. The number of hydrogen-bond donors (Lipinski definition) is 2. The minimum atomic E-state index is 0.295. The van der Waals surface area contributed by atoms with Crippen molar-refractivity contribution in [2.24, 2.45) is 0 Å². The van der Waals surface area contributed by atoms with Crippen molar-refractivity contribution in [1.82, 2.24) is 25.3 Å². The summed E-state index contributed by atoms with van der Waals surface area (Å²) in [5, 5.41) is 16.2. The van der Waals surface area contributed by atoms with Crippen molar-refractivity contribution < 1.29 is 14.3 Å². The van der Waals surface area contributed by atoms with E-state index in [9.17, 15) is 4.79 Å². The standard InChI is InChI=1S/C19H25N5O3/c1-3-14-11-18(23-24(14)8-10-26-13-25)19-16-12-15(27-9-4-7-20-2)5-6-17(16)21-22-19/h5-6,11-13,20H,3-4,7-10H2,1-2H3,(H,21,22). The van der Waals surface area contributed by atoms with Gasteiger partial charge >= 0.3 is 0 Å². The number of aromatic amines is 1. The molecule has 0 unspecified atom stereocenters. The molecule has 8 nitrogen and oxygen atoms in total. The highest BCUT2D eigenvalue weighted by Crippen LogP contribution is 2.29. The number of aryl methyl sites for hydroxylation is 1. The maximum Gasteiger partial charge on any atom is 0.293 e. The van der Waals surface area contributed by atoms with Gasteiger partial charge in [0.2, 0.25) is 0 Å². The van der Waals surface area contributed by atoms with Crippen molar-refractivity contribution in [1.29, 1.82) is 0 Å². The van der Waals surface area contributed by atoms with Gasteiger partial charge in [0.25, 0.3) is 6.47 Å². The van der Waals surface area contributed by atoms with Crippen LogP contribution in [0.3, 0.4) is 0 Å². The van der Waals surface area contributed by atoms with Gasteiger partial charge in [-0.25, -0.2) is 0 Å². The second kappa shape index (κ2) is 9.18. The van der Waals surface area contributed by atoms with Crippen LogP contribution in [0, 0.1) is 0 Å². The minimum absolute atomic E-state index is 0.295. The van der Waals surface area contributed by atoms with Crippen LogP contribution in [0.25, 0.3) is 22.3 Å². The van der Waals surface area contributed by atoms with Gasteiger partial charge in [-0.2, -0.15) is 10.2 Å². The van der Waals surface area contributed by atoms with Crippen molar-refractivity contribution in [3.63, 3.8) is 0 Å². The van der Waals surface area contributed by atoms with Crippen molar-refractivity contribution in [2.75, 3.05) is 26.8 Å². The number of hydrogen-bond acceptors (Lipinski definition) is 6. The van der Waals surface area contributed by atoms with Crippen molar-refractivity contribution >= 4 is 17.4 Å². The molecule has 0 fully saturated rings. The van der Waals surface area contributed by atoms with Gasteiger partial charge in [-0.15, -0.1) is 0 Å². The lowest BCUT2D eigenvalue weighted by Crippen LogP contribution is -2.11. The van der Waals surface area contributed by atoms with Crippen LogP contribution in [0.2, 0.25) is 0 Å². The third-order valence-electron chi connectivity index (χ3n) is 4.33. The van der Waals surface area contributed by atoms with E-state index >= 15 is 0 Å². The van der Waals surface area contributed by atoms with Gasteiger partial charge in [-0.05, 0) is 50.7 Å². The van der Waals surface area contributed by atoms with Gasteiger partial charge in [0.05, 0.1) is 18.7 Å². The first-order valence-corrected chi connectivity index (χ1v) is 9.14. The summed E-state index contributed by atoms with van der Waals surface area (Å²) >= 11 is 0. The molecule has 0 aliphatic carbocycles. The highest BCUT2D eigenvalue weighted by Gasteiger charge is 2.15. The first-order valence-electron chi connectivity index (χ1n) is 9.14. The molecule has 3 rings (SSSR count). The van der Waals surface area contributed by atoms with Crippen LogP contribution in [0.1, 0.15) is 19.0 Å². The molecular formula is C19H25N5O3. The number of fused-ring (bicyclic) bond motifs is 1. The molecule has 2 N–H and O–H groups in total. The number of carbonyl (C=O) groups excluding carboxylic acids is 1. The Morgan fingerprint density at radius 1 is 1.30 bits per heavy atom. The fourth-order valence-corrected chi connectivity index (χ4v) is 2.95. The lowest BCUT2D eigenvalue weighted by Gasteiger charge is -2.06. The number of aromatic nitrogens is 4. The van der Waals surface area contributed by atoms with Gasteiger partial charge in [-0.3, -0.25) is 14.6 Å². The molecule has 8 heteroatoms. The average Bonchev–Trinajstić information content (AvgIpc) is 3.28. The molecule has 1 aromatic carbocycles. The Labute approximate surface area is 157 Å². The predicted octanol–water partition coefficient (Wildman–Crippen LogP) is 2.15. The quantitative estimate of drug-likeness (QED) is 0.396. The molecule has 0 bridgehead atoms. The maximum atomic E-state index is 10.3. The largest absolute Gasteiger partial charge is 0.494 e. The van der Waals surface area contributed by atoms with Crippen LogP contribution in [0.15, 0.2) is 24.3 Å². The maximum absolute atomic E-state index is 10.3. The number of carbonyl (C=O) groups is 1. The van der Waals surface area contributed by atoms with Gasteiger partial charge in [0.1, 0.15) is 23.7 Å². The SMILES string of the molecule is CCc1cc(-c2n[nH]c3ccc(OCCCNC)cc23)nn1CCOC=O. The average molecular weight is 371 g/mol. The summed E-state index contributed by atoms with van der Waals surface area (Å²) in [4.78, 5) is 10.3. The zero-order valence-electron chi connectivity index (χ0n) is 15.7. The van der Waals surface area contributed by atoms with Crippen LogP contribution in [0.5, 0.6) is 5.75 Å². The molecule has 0 spiro atoms. The van der Waals surface area contributed by atoms with E-state index in [2.05, 4.69) is 27.5 Å². The summed E-state index contributed by atoms with van der Waals surface area (Å²) in [6.45, 7) is 4.91. The molecule has 27 heavy (non-hydrogen) atoms. The summed E-state index contributed by atoms with van der Waals surface area (Å²) in [6.07, 6.45) is 1.77. The molecular weight excluding hydrogens is 346 g/mol. The van der Waals surface area contributed by atoms with Gasteiger partial charge in [0, 0.05) is 11.1 Å². The van der Waals surface area contributed by atoms with E-state index in [4.69, 9.17) is 9.47 Å². The number of ether oxygens (including phenoxy) is 2. The van der Waals surface area contributed by atoms with E-state index in [0.29, 0.717) is 26.2 Å². The molecule has 2 heterocycles. The van der Waals surface area contributed by atoms with Crippen LogP contribution >= 0.6 is 0 Å². The van der Waals surface area contributed by atoms with Crippen LogP contribution in [-0.4, -0.2) is 53.3 Å². The van der Waals surface area contributed by atoms with E-state index in [0.717, 1.165) is 53.1 Å². The monoisotopic (exact) mass is 371 g/mol. The topological polar surface area (TPSA) is 94.1 Å². The van der Waals surface area contributed by atoms with E-state index in [-0.39, 0.29) is 0 Å². The summed E-state index contributed by atoms with van der Waals surface area (Å²) in [7, 11) is 1.93. The fraction of sp³-hybridized carbons (Fsp3) is 0.421. The molecule has 2 aromatic heterocycles. The minimum Gasteiger partial charge on any atom is -0.494 e. The van der Waals surface area contributed by atoms with E-state index in [1.54, 1.807) is 0 Å². The number of rotatable bonds is 11. The Morgan fingerprint density at radius 3 is 2.96 bits per heavy atom. The Bertz CT molecular complexity index is 887. The Hall–Kier alpha value is -2.87. The molecule has 0 saturated carbocycles. The number of nitrogens with one attached hydrogen (secondary N) is 2. The summed E-state index contributed by atoms with van der Waals surface area (Å²) < 4.78 is 12.5. The lowest BCUT2D eigenvalue weighted by atomic mass is 10.1. The molecule has 0 amide bonds. The third-order valence-corrected chi connectivity index (χ3v) is 4.33.